The fourth-order valence-electron chi connectivity index (χ4n) is 1.43. The van der Waals surface area contributed by atoms with Crippen LogP contribution >= 0.6 is 0 Å². The lowest BCUT2D eigenvalue weighted by atomic mass is 10.2. The molecule has 2 rings (SSSR count). The number of amides is 1. The Balaban J connectivity index is 2.12. The SMILES string of the molecule is O=C(Nc1ccc(C(F)(F)F)cc1)c1ccc(=O)oc1. The van der Waals surface area contributed by atoms with E-state index in [1.54, 1.807) is 0 Å². The third-order valence-electron chi connectivity index (χ3n) is 2.43. The van der Waals surface area contributed by atoms with E-state index in [4.69, 9.17) is 0 Å². The van der Waals surface area contributed by atoms with E-state index >= 15 is 0 Å². The molecule has 1 aromatic heterocycles. The zero-order chi connectivity index (χ0) is 14.8. The number of halogens is 3. The van der Waals surface area contributed by atoms with Crippen LogP contribution in [0.5, 0.6) is 0 Å². The maximum absolute atomic E-state index is 12.4. The normalized spacial score (nSPS) is 11.2. The van der Waals surface area contributed by atoms with E-state index in [1.165, 1.54) is 6.07 Å². The lowest BCUT2D eigenvalue weighted by molar-refractivity contribution is -0.137. The summed E-state index contributed by atoms with van der Waals surface area (Å²) in [5.41, 5.74) is -1.11. The number of carbonyl (C=O) groups is 1. The molecular weight excluding hydrogens is 275 g/mol. The highest BCUT2D eigenvalue weighted by atomic mass is 19.4. The molecule has 0 saturated carbocycles. The minimum Gasteiger partial charge on any atom is -0.430 e. The number of carbonyl (C=O) groups excluding carboxylic acids is 1. The molecule has 1 N–H and O–H groups in total. The molecule has 20 heavy (non-hydrogen) atoms. The first kappa shape index (κ1) is 13.9. The van der Waals surface area contributed by atoms with E-state index in [0.29, 0.717) is 0 Å². The van der Waals surface area contributed by atoms with Gasteiger partial charge in [0.15, 0.2) is 0 Å². The van der Waals surface area contributed by atoms with Gasteiger partial charge in [0.2, 0.25) is 0 Å². The van der Waals surface area contributed by atoms with Gasteiger partial charge in [0.1, 0.15) is 6.26 Å². The summed E-state index contributed by atoms with van der Waals surface area (Å²) < 4.78 is 41.6. The van der Waals surface area contributed by atoms with Gasteiger partial charge < -0.3 is 9.73 Å². The van der Waals surface area contributed by atoms with Crippen molar-refractivity contribution in [3.63, 3.8) is 0 Å². The number of anilines is 1. The van der Waals surface area contributed by atoms with Gasteiger partial charge >= 0.3 is 11.8 Å². The van der Waals surface area contributed by atoms with Crippen molar-refractivity contribution in [3.8, 4) is 0 Å². The second kappa shape index (κ2) is 5.20. The summed E-state index contributed by atoms with van der Waals surface area (Å²) in [6.07, 6.45) is -3.45. The van der Waals surface area contributed by atoms with Gasteiger partial charge in [-0.25, -0.2) is 4.79 Å². The van der Waals surface area contributed by atoms with E-state index in [9.17, 15) is 22.8 Å². The minimum absolute atomic E-state index is 0.0875. The lowest BCUT2D eigenvalue weighted by Gasteiger charge is -2.08. The molecule has 0 unspecified atom stereocenters. The van der Waals surface area contributed by atoms with Crippen LogP contribution in [0.15, 0.2) is 51.9 Å². The van der Waals surface area contributed by atoms with E-state index in [0.717, 1.165) is 36.6 Å². The summed E-state index contributed by atoms with van der Waals surface area (Å²) in [7, 11) is 0. The first-order valence-corrected chi connectivity index (χ1v) is 5.44. The first-order chi connectivity index (χ1) is 9.36. The summed E-state index contributed by atoms with van der Waals surface area (Å²) in [5, 5.41) is 2.39. The van der Waals surface area contributed by atoms with Gasteiger partial charge in [-0.2, -0.15) is 13.2 Å². The Morgan fingerprint density at radius 1 is 1.05 bits per heavy atom. The van der Waals surface area contributed by atoms with E-state index in [2.05, 4.69) is 9.73 Å². The monoisotopic (exact) mass is 283 g/mol. The Bertz CT molecular complexity index is 654. The van der Waals surface area contributed by atoms with Crippen LogP contribution in [0.4, 0.5) is 18.9 Å². The van der Waals surface area contributed by atoms with Crippen molar-refractivity contribution in [2.75, 3.05) is 5.32 Å². The van der Waals surface area contributed by atoms with Crippen LogP contribution in [-0.4, -0.2) is 5.91 Å². The van der Waals surface area contributed by atoms with Gasteiger partial charge in [0, 0.05) is 11.8 Å². The highest BCUT2D eigenvalue weighted by Crippen LogP contribution is 2.29. The number of hydrogen-bond acceptors (Lipinski definition) is 3. The predicted molar refractivity (Wildman–Crippen MR) is 64.4 cm³/mol. The molecule has 0 radical (unpaired) electrons. The zero-order valence-electron chi connectivity index (χ0n) is 9.90. The van der Waals surface area contributed by atoms with Gasteiger partial charge in [0.25, 0.3) is 5.91 Å². The Labute approximate surface area is 110 Å². The van der Waals surface area contributed by atoms with Crippen molar-refractivity contribution in [1.82, 2.24) is 0 Å². The maximum atomic E-state index is 12.4. The standard InChI is InChI=1S/C13H8F3NO3/c14-13(15,16)9-2-4-10(5-3-9)17-12(19)8-1-6-11(18)20-7-8/h1-7H,(H,17,19). The zero-order valence-corrected chi connectivity index (χ0v) is 9.90. The molecule has 1 amide bonds. The largest absolute Gasteiger partial charge is 0.430 e. The summed E-state index contributed by atoms with van der Waals surface area (Å²) in [6.45, 7) is 0. The molecule has 0 atom stereocenters. The molecular formula is C13H8F3NO3. The van der Waals surface area contributed by atoms with Crippen LogP contribution < -0.4 is 10.9 Å². The fourth-order valence-corrected chi connectivity index (χ4v) is 1.43. The van der Waals surface area contributed by atoms with Crippen molar-refractivity contribution < 1.29 is 22.4 Å². The molecule has 7 heteroatoms. The van der Waals surface area contributed by atoms with Crippen molar-refractivity contribution >= 4 is 11.6 Å². The van der Waals surface area contributed by atoms with Crippen LogP contribution in [0, 0.1) is 0 Å². The van der Waals surface area contributed by atoms with Gasteiger partial charge in [-0.3, -0.25) is 4.79 Å². The molecule has 0 aliphatic heterocycles. The number of alkyl halides is 3. The van der Waals surface area contributed by atoms with Gasteiger partial charge in [-0.1, -0.05) is 0 Å². The van der Waals surface area contributed by atoms with Crippen LogP contribution in [0.2, 0.25) is 0 Å². The predicted octanol–water partition coefficient (Wildman–Crippen LogP) is 2.91. The molecule has 1 aromatic carbocycles. The third kappa shape index (κ3) is 3.25. The average Bonchev–Trinajstić information content (AvgIpc) is 2.39. The van der Waals surface area contributed by atoms with Crippen LogP contribution in [0.25, 0.3) is 0 Å². The van der Waals surface area contributed by atoms with Gasteiger partial charge in [-0.15, -0.1) is 0 Å². The topological polar surface area (TPSA) is 59.3 Å². The highest BCUT2D eigenvalue weighted by Gasteiger charge is 2.29. The minimum atomic E-state index is -4.43. The quantitative estimate of drug-likeness (QED) is 0.921. The molecule has 0 aliphatic rings. The van der Waals surface area contributed by atoms with Gasteiger partial charge in [0.05, 0.1) is 11.1 Å². The Morgan fingerprint density at radius 3 is 2.20 bits per heavy atom. The Morgan fingerprint density at radius 2 is 1.70 bits per heavy atom. The smallest absolute Gasteiger partial charge is 0.416 e. The second-order valence-electron chi connectivity index (χ2n) is 3.87. The number of hydrogen-bond donors (Lipinski definition) is 1. The Kier molecular flexibility index (Phi) is 3.60. The summed E-state index contributed by atoms with van der Waals surface area (Å²) in [4.78, 5) is 22.4. The molecule has 0 saturated heterocycles. The van der Waals surface area contributed by atoms with Crippen LogP contribution in [-0.2, 0) is 6.18 Å². The number of rotatable bonds is 2. The average molecular weight is 283 g/mol. The van der Waals surface area contributed by atoms with Crippen LogP contribution in [0.1, 0.15) is 15.9 Å². The lowest BCUT2D eigenvalue weighted by Crippen LogP contribution is -2.13. The van der Waals surface area contributed by atoms with Crippen molar-refractivity contribution in [1.29, 1.82) is 0 Å². The number of nitrogens with one attached hydrogen (secondary N) is 1. The van der Waals surface area contributed by atoms with Crippen molar-refractivity contribution in [2.24, 2.45) is 0 Å². The summed E-state index contributed by atoms with van der Waals surface area (Å²) in [5.74, 6) is -0.589. The van der Waals surface area contributed by atoms with E-state index in [-0.39, 0.29) is 11.3 Å². The van der Waals surface area contributed by atoms with Crippen molar-refractivity contribution in [3.05, 3.63) is 64.2 Å². The fraction of sp³-hybridized carbons (Fsp3) is 0.0769. The van der Waals surface area contributed by atoms with Gasteiger partial charge in [-0.05, 0) is 30.3 Å². The van der Waals surface area contributed by atoms with E-state index < -0.39 is 23.3 Å². The molecule has 4 nitrogen and oxygen atoms in total. The summed E-state index contributed by atoms with van der Waals surface area (Å²) >= 11 is 0. The highest BCUT2D eigenvalue weighted by molar-refractivity contribution is 6.03. The molecule has 0 aliphatic carbocycles. The summed E-state index contributed by atoms with van der Waals surface area (Å²) in [6, 6.07) is 6.33. The van der Waals surface area contributed by atoms with Crippen molar-refractivity contribution in [2.45, 2.75) is 6.18 Å². The van der Waals surface area contributed by atoms with E-state index in [1.807, 2.05) is 0 Å². The number of benzene rings is 1. The molecule has 0 bridgehead atoms. The maximum Gasteiger partial charge on any atom is 0.416 e. The molecule has 1 heterocycles. The first-order valence-electron chi connectivity index (χ1n) is 5.44. The Hall–Kier alpha value is -2.57. The van der Waals surface area contributed by atoms with Crippen LogP contribution in [0.3, 0.4) is 0 Å². The molecule has 0 fully saturated rings. The second-order valence-corrected chi connectivity index (χ2v) is 3.87. The molecule has 104 valence electrons. The molecule has 0 spiro atoms. The molecule has 2 aromatic rings. The third-order valence-corrected chi connectivity index (χ3v) is 2.43.